The SMILES string of the molecule is CCn1ccnc1/C=C/C(=O)NCC1Cc2cc(-c3ccc(C(C)=O)s3)cc(Cl)c2O1. The van der Waals surface area contributed by atoms with Crippen molar-refractivity contribution in [1.29, 1.82) is 0 Å². The lowest BCUT2D eigenvalue weighted by Crippen LogP contribution is -2.33. The van der Waals surface area contributed by atoms with Gasteiger partial charge in [-0.25, -0.2) is 4.98 Å². The van der Waals surface area contributed by atoms with Gasteiger partial charge in [-0.3, -0.25) is 9.59 Å². The van der Waals surface area contributed by atoms with E-state index in [1.165, 1.54) is 17.4 Å². The number of carbonyl (C=O) groups is 2. The Labute approximate surface area is 189 Å². The summed E-state index contributed by atoms with van der Waals surface area (Å²) in [6, 6.07) is 7.67. The van der Waals surface area contributed by atoms with Crippen LogP contribution in [0.5, 0.6) is 5.75 Å². The number of nitrogens with one attached hydrogen (secondary N) is 1. The quantitative estimate of drug-likeness (QED) is 0.416. The van der Waals surface area contributed by atoms with E-state index in [2.05, 4.69) is 10.3 Å². The van der Waals surface area contributed by atoms with Crippen LogP contribution < -0.4 is 10.1 Å². The van der Waals surface area contributed by atoms with Crippen LogP contribution in [-0.2, 0) is 17.8 Å². The molecule has 160 valence electrons. The number of Topliss-reactive ketones (excluding diaryl/α,β-unsaturated/α-hetero) is 1. The molecule has 1 atom stereocenters. The molecule has 1 aromatic carbocycles. The highest BCUT2D eigenvalue weighted by Crippen LogP contribution is 2.41. The summed E-state index contributed by atoms with van der Waals surface area (Å²) in [7, 11) is 0. The first-order chi connectivity index (χ1) is 14.9. The summed E-state index contributed by atoms with van der Waals surface area (Å²) < 4.78 is 7.92. The molecule has 3 heterocycles. The first-order valence-corrected chi connectivity index (χ1v) is 11.2. The number of rotatable bonds is 7. The number of benzene rings is 1. The van der Waals surface area contributed by atoms with Crippen LogP contribution in [-0.4, -0.2) is 33.9 Å². The van der Waals surface area contributed by atoms with Gasteiger partial charge in [0.05, 0.1) is 16.4 Å². The minimum absolute atomic E-state index is 0.0513. The number of fused-ring (bicyclic) bond motifs is 1. The number of aryl methyl sites for hydroxylation is 1. The molecule has 0 fully saturated rings. The zero-order valence-corrected chi connectivity index (χ0v) is 18.8. The molecule has 6 nitrogen and oxygen atoms in total. The number of hydrogen-bond acceptors (Lipinski definition) is 5. The maximum absolute atomic E-state index is 12.2. The summed E-state index contributed by atoms with van der Waals surface area (Å²) in [5, 5.41) is 3.41. The van der Waals surface area contributed by atoms with Gasteiger partial charge in [0.1, 0.15) is 17.7 Å². The van der Waals surface area contributed by atoms with Crippen molar-refractivity contribution in [3.63, 3.8) is 0 Å². The van der Waals surface area contributed by atoms with E-state index in [4.69, 9.17) is 16.3 Å². The van der Waals surface area contributed by atoms with Crippen LogP contribution in [0.2, 0.25) is 5.02 Å². The van der Waals surface area contributed by atoms with Gasteiger partial charge in [-0.2, -0.15) is 0 Å². The topological polar surface area (TPSA) is 73.2 Å². The molecule has 0 radical (unpaired) electrons. The van der Waals surface area contributed by atoms with Crippen LogP contribution in [0.1, 0.15) is 34.9 Å². The van der Waals surface area contributed by atoms with E-state index < -0.39 is 0 Å². The zero-order valence-electron chi connectivity index (χ0n) is 17.2. The predicted octanol–water partition coefficient (Wildman–Crippen LogP) is 4.62. The van der Waals surface area contributed by atoms with Crippen LogP contribution in [0.25, 0.3) is 16.5 Å². The number of carbonyl (C=O) groups excluding carboxylic acids is 2. The molecule has 1 amide bonds. The van der Waals surface area contributed by atoms with Crippen LogP contribution in [0.3, 0.4) is 0 Å². The summed E-state index contributed by atoms with van der Waals surface area (Å²) in [4.78, 5) is 29.7. The van der Waals surface area contributed by atoms with E-state index in [1.807, 2.05) is 42.0 Å². The Morgan fingerprint density at radius 2 is 2.23 bits per heavy atom. The number of amides is 1. The van der Waals surface area contributed by atoms with E-state index in [1.54, 1.807) is 19.2 Å². The Kier molecular flexibility index (Phi) is 6.25. The molecule has 0 aliphatic carbocycles. The third kappa shape index (κ3) is 4.73. The van der Waals surface area contributed by atoms with Gasteiger partial charge in [0, 0.05) is 41.9 Å². The molecule has 1 aliphatic heterocycles. The van der Waals surface area contributed by atoms with Crippen molar-refractivity contribution in [1.82, 2.24) is 14.9 Å². The van der Waals surface area contributed by atoms with Crippen LogP contribution in [0.4, 0.5) is 0 Å². The molecule has 1 unspecified atom stereocenters. The van der Waals surface area contributed by atoms with Crippen molar-refractivity contribution >= 4 is 40.7 Å². The Bertz CT molecular complexity index is 1160. The minimum atomic E-state index is -0.202. The number of nitrogens with zero attached hydrogens (tertiary/aromatic N) is 2. The van der Waals surface area contributed by atoms with Gasteiger partial charge >= 0.3 is 0 Å². The second kappa shape index (κ2) is 9.08. The van der Waals surface area contributed by atoms with Gasteiger partial charge in [0.25, 0.3) is 0 Å². The lowest BCUT2D eigenvalue weighted by molar-refractivity contribution is -0.116. The predicted molar refractivity (Wildman–Crippen MR) is 123 cm³/mol. The van der Waals surface area contributed by atoms with Gasteiger partial charge in [-0.05, 0) is 49.8 Å². The molecule has 31 heavy (non-hydrogen) atoms. The number of imidazole rings is 1. The summed E-state index contributed by atoms with van der Waals surface area (Å²) in [5.74, 6) is 1.25. The molecule has 1 N–H and O–H groups in total. The molecule has 0 bridgehead atoms. The largest absolute Gasteiger partial charge is 0.486 e. The molecule has 0 saturated heterocycles. The Morgan fingerprint density at radius 1 is 1.39 bits per heavy atom. The van der Waals surface area contributed by atoms with Crippen LogP contribution in [0.15, 0.2) is 42.7 Å². The van der Waals surface area contributed by atoms with Crippen molar-refractivity contribution in [3.05, 3.63) is 64.0 Å². The zero-order chi connectivity index (χ0) is 22.0. The first-order valence-electron chi connectivity index (χ1n) is 10.0. The Balaban J connectivity index is 1.38. The third-order valence-corrected chi connectivity index (χ3v) is 6.58. The van der Waals surface area contributed by atoms with Crippen molar-refractivity contribution in [3.8, 4) is 16.2 Å². The van der Waals surface area contributed by atoms with Gasteiger partial charge in [0.15, 0.2) is 5.78 Å². The highest BCUT2D eigenvalue weighted by Gasteiger charge is 2.26. The van der Waals surface area contributed by atoms with Gasteiger partial charge in [0.2, 0.25) is 5.91 Å². The summed E-state index contributed by atoms with van der Waals surface area (Å²) in [6.07, 6.45) is 7.22. The second-order valence-electron chi connectivity index (χ2n) is 7.26. The van der Waals surface area contributed by atoms with E-state index in [9.17, 15) is 9.59 Å². The average Bonchev–Trinajstić information content (AvgIpc) is 3.49. The molecule has 8 heteroatoms. The maximum Gasteiger partial charge on any atom is 0.244 e. The highest BCUT2D eigenvalue weighted by molar-refractivity contribution is 7.17. The minimum Gasteiger partial charge on any atom is -0.486 e. The van der Waals surface area contributed by atoms with E-state index in [0.29, 0.717) is 23.7 Å². The number of ether oxygens (including phenoxy) is 1. The number of ketones is 1. The fourth-order valence-corrected chi connectivity index (χ4v) is 4.67. The number of halogens is 1. The summed E-state index contributed by atoms with van der Waals surface area (Å²) in [6.45, 7) is 4.75. The third-order valence-electron chi connectivity index (χ3n) is 5.07. The molecule has 2 aromatic heterocycles. The molecular weight excluding hydrogens is 434 g/mol. The number of hydrogen-bond donors (Lipinski definition) is 1. The van der Waals surface area contributed by atoms with Crippen LogP contribution >= 0.6 is 22.9 Å². The summed E-state index contributed by atoms with van der Waals surface area (Å²) in [5.41, 5.74) is 1.96. The van der Waals surface area contributed by atoms with E-state index in [-0.39, 0.29) is 17.8 Å². The lowest BCUT2D eigenvalue weighted by Gasteiger charge is -2.11. The standard InChI is InChI=1S/C23H22ClN3O3S/c1-3-27-9-8-25-21(27)6-7-22(29)26-13-17-11-16-10-15(12-18(24)23(16)30-17)20-5-4-19(31-20)14(2)28/h4-10,12,17H,3,11,13H2,1-2H3,(H,26,29)/b7-6+. The smallest absolute Gasteiger partial charge is 0.244 e. The fourth-order valence-electron chi connectivity index (χ4n) is 3.50. The van der Waals surface area contributed by atoms with Crippen molar-refractivity contribution in [2.24, 2.45) is 0 Å². The lowest BCUT2D eigenvalue weighted by atomic mass is 10.1. The molecular formula is C23H22ClN3O3S. The molecule has 0 spiro atoms. The fraction of sp³-hybridized carbons (Fsp3) is 0.261. The average molecular weight is 456 g/mol. The van der Waals surface area contributed by atoms with E-state index >= 15 is 0 Å². The van der Waals surface area contributed by atoms with Gasteiger partial charge in [-0.15, -0.1) is 11.3 Å². The van der Waals surface area contributed by atoms with Crippen molar-refractivity contribution in [2.75, 3.05) is 6.54 Å². The van der Waals surface area contributed by atoms with E-state index in [0.717, 1.165) is 33.3 Å². The first kappa shape index (κ1) is 21.3. The van der Waals surface area contributed by atoms with Crippen LogP contribution in [0, 0.1) is 0 Å². The Hall–Kier alpha value is -2.90. The maximum atomic E-state index is 12.2. The monoisotopic (exact) mass is 455 g/mol. The van der Waals surface area contributed by atoms with Gasteiger partial charge < -0.3 is 14.6 Å². The highest BCUT2D eigenvalue weighted by atomic mass is 35.5. The Morgan fingerprint density at radius 3 is 2.97 bits per heavy atom. The number of thiophene rings is 1. The van der Waals surface area contributed by atoms with Gasteiger partial charge in [-0.1, -0.05) is 11.6 Å². The van der Waals surface area contributed by atoms with Crippen molar-refractivity contribution < 1.29 is 14.3 Å². The molecule has 4 rings (SSSR count). The summed E-state index contributed by atoms with van der Waals surface area (Å²) >= 11 is 7.91. The van der Waals surface area contributed by atoms with Crippen molar-refractivity contribution in [2.45, 2.75) is 32.9 Å². The molecule has 1 aliphatic rings. The molecule has 0 saturated carbocycles. The second-order valence-corrected chi connectivity index (χ2v) is 8.75. The normalized spacial score (nSPS) is 15.1. The molecule has 3 aromatic rings. The number of aromatic nitrogens is 2.